The first-order valence-electron chi connectivity index (χ1n) is 5.88. The number of halogens is 1. The Bertz CT molecular complexity index is 591. The summed E-state index contributed by atoms with van der Waals surface area (Å²) in [6.07, 6.45) is 0. The molecule has 0 aromatic heterocycles. The van der Waals surface area contributed by atoms with E-state index in [9.17, 15) is 9.90 Å². The average Bonchev–Trinajstić information content (AvgIpc) is 2.40. The van der Waals surface area contributed by atoms with E-state index in [1.165, 1.54) is 6.07 Å². The number of rotatable bonds is 4. The molecule has 19 heavy (non-hydrogen) atoms. The van der Waals surface area contributed by atoms with E-state index < -0.39 is 5.97 Å². The first kappa shape index (κ1) is 13.4. The van der Waals surface area contributed by atoms with Crippen LogP contribution in [0, 0.1) is 0 Å². The lowest BCUT2D eigenvalue weighted by Crippen LogP contribution is -1.99. The highest BCUT2D eigenvalue weighted by molar-refractivity contribution is 6.31. The topological polar surface area (TPSA) is 46.5 Å². The van der Waals surface area contributed by atoms with Crippen LogP contribution in [0.25, 0.3) is 11.1 Å². The van der Waals surface area contributed by atoms with Crippen LogP contribution >= 0.6 is 11.6 Å². The van der Waals surface area contributed by atoms with E-state index in [0.717, 1.165) is 11.3 Å². The van der Waals surface area contributed by atoms with Gasteiger partial charge >= 0.3 is 5.97 Å². The smallest absolute Gasteiger partial charge is 0.336 e. The molecule has 0 bridgehead atoms. The highest BCUT2D eigenvalue weighted by Gasteiger charge is 2.12. The van der Waals surface area contributed by atoms with Crippen LogP contribution < -0.4 is 4.74 Å². The molecule has 0 saturated carbocycles. The van der Waals surface area contributed by atoms with Crippen molar-refractivity contribution in [1.82, 2.24) is 0 Å². The molecule has 3 nitrogen and oxygen atoms in total. The molecule has 0 amide bonds. The number of hydrogen-bond acceptors (Lipinski definition) is 2. The minimum Gasteiger partial charge on any atom is -0.494 e. The van der Waals surface area contributed by atoms with Gasteiger partial charge in [-0.15, -0.1) is 0 Å². The molecular formula is C15H13ClO3. The molecule has 2 aromatic carbocycles. The Hall–Kier alpha value is -2.00. The molecule has 2 rings (SSSR count). The van der Waals surface area contributed by atoms with Crippen molar-refractivity contribution in [1.29, 1.82) is 0 Å². The first-order valence-corrected chi connectivity index (χ1v) is 6.25. The molecule has 0 saturated heterocycles. The quantitative estimate of drug-likeness (QED) is 0.914. The lowest BCUT2D eigenvalue weighted by Gasteiger charge is -2.08. The molecular weight excluding hydrogens is 264 g/mol. The van der Waals surface area contributed by atoms with E-state index in [1.807, 2.05) is 31.2 Å². The number of ether oxygens (including phenoxy) is 1. The van der Waals surface area contributed by atoms with Gasteiger partial charge in [-0.2, -0.15) is 0 Å². The van der Waals surface area contributed by atoms with E-state index in [1.54, 1.807) is 12.1 Å². The normalized spacial score (nSPS) is 10.2. The fourth-order valence-electron chi connectivity index (χ4n) is 1.84. The maximum absolute atomic E-state index is 11.2. The number of carboxylic acids is 1. The highest BCUT2D eigenvalue weighted by atomic mass is 35.5. The molecule has 0 aliphatic carbocycles. The van der Waals surface area contributed by atoms with Gasteiger partial charge in [-0.3, -0.25) is 0 Å². The minimum atomic E-state index is -0.994. The maximum atomic E-state index is 11.2. The van der Waals surface area contributed by atoms with Crippen LogP contribution in [-0.2, 0) is 0 Å². The predicted octanol–water partition coefficient (Wildman–Crippen LogP) is 4.10. The number of hydrogen-bond donors (Lipinski definition) is 1. The Kier molecular flexibility index (Phi) is 4.07. The Morgan fingerprint density at radius 1 is 1.21 bits per heavy atom. The fourth-order valence-corrected chi connectivity index (χ4v) is 2.01. The third-order valence-corrected chi connectivity index (χ3v) is 2.92. The lowest BCUT2D eigenvalue weighted by atomic mass is 10.00. The molecule has 1 N–H and O–H groups in total. The van der Waals surface area contributed by atoms with Crippen LogP contribution in [0.4, 0.5) is 0 Å². The zero-order valence-electron chi connectivity index (χ0n) is 10.4. The Labute approximate surface area is 116 Å². The van der Waals surface area contributed by atoms with Crippen molar-refractivity contribution >= 4 is 17.6 Å². The molecule has 0 radical (unpaired) electrons. The average molecular weight is 277 g/mol. The van der Waals surface area contributed by atoms with E-state index in [0.29, 0.717) is 17.2 Å². The molecule has 0 spiro atoms. The summed E-state index contributed by atoms with van der Waals surface area (Å²) >= 11 is 5.83. The molecule has 2 aromatic rings. The van der Waals surface area contributed by atoms with E-state index in [4.69, 9.17) is 16.3 Å². The van der Waals surface area contributed by atoms with Gasteiger partial charge in [0.2, 0.25) is 0 Å². The van der Waals surface area contributed by atoms with Crippen LogP contribution in [-0.4, -0.2) is 17.7 Å². The summed E-state index contributed by atoms with van der Waals surface area (Å²) < 4.78 is 5.36. The Balaban J connectivity index is 2.43. The zero-order valence-corrected chi connectivity index (χ0v) is 11.1. The van der Waals surface area contributed by atoms with Crippen molar-refractivity contribution < 1.29 is 14.6 Å². The molecule has 0 aliphatic heterocycles. The molecule has 0 aliphatic rings. The predicted molar refractivity (Wildman–Crippen MR) is 75.0 cm³/mol. The maximum Gasteiger partial charge on any atom is 0.336 e. The number of aromatic carboxylic acids is 1. The summed E-state index contributed by atoms with van der Waals surface area (Å²) in [6.45, 7) is 2.51. The molecule has 0 fully saturated rings. The van der Waals surface area contributed by atoms with Gasteiger partial charge in [0.05, 0.1) is 12.2 Å². The Morgan fingerprint density at radius 2 is 1.89 bits per heavy atom. The van der Waals surface area contributed by atoms with Crippen LogP contribution in [0.15, 0.2) is 42.5 Å². The summed E-state index contributed by atoms with van der Waals surface area (Å²) in [7, 11) is 0. The monoisotopic (exact) mass is 276 g/mol. The summed E-state index contributed by atoms with van der Waals surface area (Å²) in [5.41, 5.74) is 1.65. The van der Waals surface area contributed by atoms with Crippen molar-refractivity contribution in [3.63, 3.8) is 0 Å². The minimum absolute atomic E-state index is 0.191. The zero-order chi connectivity index (χ0) is 13.8. The number of carboxylic acid groups (broad SMARTS) is 1. The van der Waals surface area contributed by atoms with Crippen molar-refractivity contribution in [2.45, 2.75) is 6.92 Å². The van der Waals surface area contributed by atoms with Gasteiger partial charge in [-0.05, 0) is 42.3 Å². The standard InChI is InChI=1S/C15H13ClO3/c1-2-19-12-6-3-10(4-7-12)13-8-5-11(16)9-14(13)15(17)18/h3-9H,2H2,1H3,(H,17,18). The van der Waals surface area contributed by atoms with E-state index >= 15 is 0 Å². The van der Waals surface area contributed by atoms with E-state index in [2.05, 4.69) is 0 Å². The van der Waals surface area contributed by atoms with Gasteiger partial charge in [-0.1, -0.05) is 29.8 Å². The van der Waals surface area contributed by atoms with Gasteiger partial charge in [0, 0.05) is 5.02 Å². The molecule has 98 valence electrons. The summed E-state index contributed by atoms with van der Waals surface area (Å²) in [4.78, 5) is 11.2. The Morgan fingerprint density at radius 3 is 2.47 bits per heavy atom. The van der Waals surface area contributed by atoms with Crippen LogP contribution in [0.1, 0.15) is 17.3 Å². The van der Waals surface area contributed by atoms with Crippen molar-refractivity contribution in [2.24, 2.45) is 0 Å². The first-order chi connectivity index (χ1) is 9.11. The SMILES string of the molecule is CCOc1ccc(-c2ccc(Cl)cc2C(=O)O)cc1. The summed E-state index contributed by atoms with van der Waals surface area (Å²) in [5, 5.41) is 9.62. The van der Waals surface area contributed by atoms with E-state index in [-0.39, 0.29) is 5.56 Å². The second-order valence-electron chi connectivity index (χ2n) is 3.95. The number of carbonyl (C=O) groups is 1. The molecule has 0 heterocycles. The van der Waals surface area contributed by atoms with Gasteiger partial charge in [0.1, 0.15) is 5.75 Å². The molecule has 4 heteroatoms. The van der Waals surface area contributed by atoms with Gasteiger partial charge < -0.3 is 9.84 Å². The van der Waals surface area contributed by atoms with Crippen LogP contribution in [0.5, 0.6) is 5.75 Å². The lowest BCUT2D eigenvalue weighted by molar-refractivity contribution is 0.0697. The largest absolute Gasteiger partial charge is 0.494 e. The third kappa shape index (κ3) is 3.06. The van der Waals surface area contributed by atoms with Gasteiger partial charge in [0.15, 0.2) is 0 Å². The highest BCUT2D eigenvalue weighted by Crippen LogP contribution is 2.28. The second-order valence-corrected chi connectivity index (χ2v) is 4.39. The van der Waals surface area contributed by atoms with Crippen LogP contribution in [0.2, 0.25) is 5.02 Å². The number of benzene rings is 2. The van der Waals surface area contributed by atoms with Crippen molar-refractivity contribution in [2.75, 3.05) is 6.61 Å². The molecule has 0 unspecified atom stereocenters. The van der Waals surface area contributed by atoms with Crippen molar-refractivity contribution in [3.8, 4) is 16.9 Å². The third-order valence-electron chi connectivity index (χ3n) is 2.69. The summed E-state index contributed by atoms with van der Waals surface area (Å²) in [6, 6.07) is 12.1. The van der Waals surface area contributed by atoms with Gasteiger partial charge in [-0.25, -0.2) is 4.79 Å². The molecule has 0 atom stereocenters. The second kappa shape index (κ2) is 5.76. The van der Waals surface area contributed by atoms with Crippen molar-refractivity contribution in [3.05, 3.63) is 53.1 Å². The van der Waals surface area contributed by atoms with Gasteiger partial charge in [0.25, 0.3) is 0 Å². The summed E-state index contributed by atoms with van der Waals surface area (Å²) in [5.74, 6) is -0.233. The fraction of sp³-hybridized carbons (Fsp3) is 0.133. The van der Waals surface area contributed by atoms with Crippen LogP contribution in [0.3, 0.4) is 0 Å².